The van der Waals surface area contributed by atoms with Gasteiger partial charge in [0.2, 0.25) is 5.43 Å². The Hall–Kier alpha value is -3.86. The molecule has 0 atom stereocenters. The van der Waals surface area contributed by atoms with Crippen molar-refractivity contribution in [1.82, 2.24) is 9.47 Å². The van der Waals surface area contributed by atoms with Crippen LogP contribution in [0.15, 0.2) is 38.8 Å². The zero-order valence-corrected chi connectivity index (χ0v) is 20.0. The number of oxime groups is 1. The summed E-state index contributed by atoms with van der Waals surface area (Å²) in [6.07, 6.45) is 3.06. The van der Waals surface area contributed by atoms with E-state index in [9.17, 15) is 14.7 Å². The number of furan rings is 1. The third kappa shape index (κ3) is 4.19. The van der Waals surface area contributed by atoms with Gasteiger partial charge in [-0.25, -0.2) is 9.18 Å². The number of carboxylic acid groups (broad SMARTS) is 1. The molecule has 3 aromatic rings. The van der Waals surface area contributed by atoms with Gasteiger partial charge < -0.3 is 28.9 Å². The zero-order chi connectivity index (χ0) is 25.6. The van der Waals surface area contributed by atoms with Gasteiger partial charge >= 0.3 is 5.97 Å². The van der Waals surface area contributed by atoms with Crippen molar-refractivity contribution < 1.29 is 28.7 Å². The zero-order valence-electron chi connectivity index (χ0n) is 20.0. The SMILES string of the molecule is COc1c(N2CCN(Cc3ccc(/C(C)=N/O)o3)CC2)c(F)cc2c(=O)c(C(=O)O)cn(C3CC3)c12. The van der Waals surface area contributed by atoms with E-state index in [-0.39, 0.29) is 28.4 Å². The molecular weight excluding hydrogens is 471 g/mol. The third-order valence-corrected chi connectivity index (χ3v) is 6.81. The van der Waals surface area contributed by atoms with Crippen molar-refractivity contribution in [3.63, 3.8) is 0 Å². The van der Waals surface area contributed by atoms with E-state index in [1.807, 2.05) is 11.0 Å². The van der Waals surface area contributed by atoms with E-state index in [4.69, 9.17) is 14.4 Å². The molecule has 36 heavy (non-hydrogen) atoms. The van der Waals surface area contributed by atoms with Crippen LogP contribution in [0, 0.1) is 5.82 Å². The van der Waals surface area contributed by atoms with E-state index in [0.717, 1.165) is 24.7 Å². The number of carboxylic acids is 1. The van der Waals surface area contributed by atoms with E-state index < -0.39 is 17.2 Å². The second kappa shape index (κ2) is 9.30. The van der Waals surface area contributed by atoms with Crippen molar-refractivity contribution in [2.24, 2.45) is 5.16 Å². The summed E-state index contributed by atoms with van der Waals surface area (Å²) in [7, 11) is 1.44. The van der Waals surface area contributed by atoms with E-state index in [0.29, 0.717) is 49.7 Å². The number of halogens is 1. The first-order chi connectivity index (χ1) is 17.3. The minimum atomic E-state index is -1.33. The van der Waals surface area contributed by atoms with Crippen LogP contribution in [0.1, 0.15) is 47.7 Å². The minimum Gasteiger partial charge on any atom is -0.492 e. The van der Waals surface area contributed by atoms with Gasteiger partial charge in [0.15, 0.2) is 17.3 Å². The summed E-state index contributed by atoms with van der Waals surface area (Å²) in [5.41, 5.74) is 0.000526. The second-order valence-electron chi connectivity index (χ2n) is 9.17. The highest BCUT2D eigenvalue weighted by molar-refractivity contribution is 5.97. The van der Waals surface area contributed by atoms with Crippen LogP contribution >= 0.6 is 0 Å². The van der Waals surface area contributed by atoms with Crippen molar-refractivity contribution in [3.05, 3.63) is 57.5 Å². The van der Waals surface area contributed by atoms with Crippen LogP contribution in [0.2, 0.25) is 0 Å². The average Bonchev–Trinajstić information content (AvgIpc) is 3.61. The predicted molar refractivity (Wildman–Crippen MR) is 130 cm³/mol. The number of piperazine rings is 1. The van der Waals surface area contributed by atoms with Crippen molar-refractivity contribution >= 4 is 28.3 Å². The smallest absolute Gasteiger partial charge is 0.341 e. The summed E-state index contributed by atoms with van der Waals surface area (Å²) in [4.78, 5) is 28.6. The van der Waals surface area contributed by atoms with Gasteiger partial charge in [-0.15, -0.1) is 0 Å². The molecule has 0 bridgehead atoms. The van der Waals surface area contributed by atoms with E-state index in [1.165, 1.54) is 13.3 Å². The van der Waals surface area contributed by atoms with Crippen LogP contribution in [-0.4, -0.2) is 64.8 Å². The lowest BCUT2D eigenvalue weighted by atomic mass is 10.1. The summed E-state index contributed by atoms with van der Waals surface area (Å²) in [6, 6.07) is 4.78. The second-order valence-corrected chi connectivity index (χ2v) is 9.17. The number of aromatic nitrogens is 1. The first kappa shape index (κ1) is 23.9. The Morgan fingerprint density at radius 1 is 1.25 bits per heavy atom. The molecule has 1 aliphatic carbocycles. The summed E-state index contributed by atoms with van der Waals surface area (Å²) in [5.74, 6) is -0.475. The number of rotatable bonds is 7. The fourth-order valence-electron chi connectivity index (χ4n) is 4.78. The molecule has 190 valence electrons. The monoisotopic (exact) mass is 498 g/mol. The number of hydrogen-bond donors (Lipinski definition) is 2. The fraction of sp³-hybridized carbons (Fsp3) is 0.400. The number of aromatic carboxylic acids is 1. The maximum atomic E-state index is 15.5. The van der Waals surface area contributed by atoms with Crippen LogP contribution in [0.4, 0.5) is 10.1 Å². The maximum absolute atomic E-state index is 15.5. The number of carbonyl (C=O) groups is 1. The molecule has 2 aromatic heterocycles. The highest BCUT2D eigenvalue weighted by atomic mass is 19.1. The van der Waals surface area contributed by atoms with Crippen LogP contribution in [0.5, 0.6) is 5.75 Å². The van der Waals surface area contributed by atoms with Gasteiger partial charge in [-0.2, -0.15) is 0 Å². The van der Waals surface area contributed by atoms with Crippen LogP contribution < -0.4 is 15.1 Å². The number of methoxy groups -OCH3 is 1. The minimum absolute atomic E-state index is 0.00821. The fourth-order valence-corrected chi connectivity index (χ4v) is 4.78. The lowest BCUT2D eigenvalue weighted by Crippen LogP contribution is -2.46. The molecule has 0 amide bonds. The first-order valence-electron chi connectivity index (χ1n) is 11.8. The maximum Gasteiger partial charge on any atom is 0.341 e. The van der Waals surface area contributed by atoms with Gasteiger partial charge in [-0.1, -0.05) is 5.16 Å². The van der Waals surface area contributed by atoms with Crippen molar-refractivity contribution in [1.29, 1.82) is 0 Å². The topological polar surface area (TPSA) is 121 Å². The molecule has 0 unspecified atom stereocenters. The van der Waals surface area contributed by atoms with Crippen molar-refractivity contribution in [2.75, 3.05) is 38.2 Å². The summed E-state index contributed by atoms with van der Waals surface area (Å²) in [5, 5.41) is 21.6. The number of benzene rings is 1. The molecule has 1 saturated carbocycles. The largest absolute Gasteiger partial charge is 0.492 e. The highest BCUT2D eigenvalue weighted by Crippen LogP contribution is 2.43. The van der Waals surface area contributed by atoms with Gasteiger partial charge in [-0.3, -0.25) is 9.69 Å². The Morgan fingerprint density at radius 3 is 2.58 bits per heavy atom. The molecule has 1 aromatic carbocycles. The molecule has 0 spiro atoms. The summed E-state index contributed by atoms with van der Waals surface area (Å²) in [6.45, 7) is 4.52. The molecule has 1 saturated heterocycles. The van der Waals surface area contributed by atoms with E-state index in [1.54, 1.807) is 17.6 Å². The Kier molecular flexibility index (Phi) is 6.17. The Bertz CT molecular complexity index is 1420. The molecule has 11 heteroatoms. The van der Waals surface area contributed by atoms with E-state index >= 15 is 4.39 Å². The highest BCUT2D eigenvalue weighted by Gasteiger charge is 2.32. The van der Waals surface area contributed by atoms with Gasteiger partial charge in [-0.05, 0) is 38.0 Å². The van der Waals surface area contributed by atoms with Crippen LogP contribution in [0.3, 0.4) is 0 Å². The molecule has 2 aliphatic rings. The standard InChI is InChI=1S/C25H27FN4O6/c1-14(27-34)20-6-5-16(36-20)12-28-7-9-29(10-8-28)22-19(26)11-17-21(24(22)35-2)30(15-3-4-15)13-18(23(17)31)25(32)33/h5-6,11,13,15,34H,3-4,7-10,12H2,1-2H3,(H,32,33)/b27-14+. The van der Waals surface area contributed by atoms with Crippen molar-refractivity contribution in [3.8, 4) is 5.75 Å². The Morgan fingerprint density at radius 2 is 1.97 bits per heavy atom. The Labute approximate surface area is 205 Å². The van der Waals surface area contributed by atoms with Crippen LogP contribution in [0.25, 0.3) is 10.9 Å². The van der Waals surface area contributed by atoms with Gasteiger partial charge in [0.25, 0.3) is 0 Å². The molecular formula is C25H27FN4O6. The van der Waals surface area contributed by atoms with Gasteiger partial charge in [0, 0.05) is 38.4 Å². The Balaban J connectivity index is 1.44. The number of pyridine rings is 1. The van der Waals surface area contributed by atoms with Crippen LogP contribution in [-0.2, 0) is 6.54 Å². The van der Waals surface area contributed by atoms with Gasteiger partial charge in [0.1, 0.15) is 22.7 Å². The molecule has 2 fully saturated rings. The number of anilines is 1. The lowest BCUT2D eigenvalue weighted by molar-refractivity contribution is 0.0694. The quantitative estimate of drug-likeness (QED) is 0.289. The lowest BCUT2D eigenvalue weighted by Gasteiger charge is -2.36. The number of hydrogen-bond acceptors (Lipinski definition) is 8. The molecule has 10 nitrogen and oxygen atoms in total. The normalized spacial score (nSPS) is 17.1. The third-order valence-electron chi connectivity index (χ3n) is 6.81. The number of fused-ring (bicyclic) bond motifs is 1. The van der Waals surface area contributed by atoms with Gasteiger partial charge in [0.05, 0.1) is 24.6 Å². The average molecular weight is 499 g/mol. The number of ether oxygens (including phenoxy) is 1. The number of nitrogens with zero attached hydrogens (tertiary/aromatic N) is 4. The summed E-state index contributed by atoms with van der Waals surface area (Å²) >= 11 is 0. The summed E-state index contributed by atoms with van der Waals surface area (Å²) < 4.78 is 28.7. The molecule has 2 N–H and O–H groups in total. The van der Waals surface area contributed by atoms with E-state index in [2.05, 4.69) is 10.1 Å². The molecule has 0 radical (unpaired) electrons. The van der Waals surface area contributed by atoms with Crippen molar-refractivity contribution in [2.45, 2.75) is 32.4 Å². The molecule has 1 aliphatic heterocycles. The first-order valence-corrected chi connectivity index (χ1v) is 11.8. The molecule has 5 rings (SSSR count). The molecule has 3 heterocycles. The predicted octanol–water partition coefficient (Wildman–Crippen LogP) is 3.30.